The maximum Gasteiger partial charge on any atom is 0.191 e. The van der Waals surface area contributed by atoms with E-state index < -0.39 is 0 Å². The first-order valence-electron chi connectivity index (χ1n) is 10.1. The summed E-state index contributed by atoms with van der Waals surface area (Å²) in [4.78, 5) is 4.76. The Morgan fingerprint density at radius 1 is 1.22 bits per heavy atom. The van der Waals surface area contributed by atoms with Crippen molar-refractivity contribution < 1.29 is 9.47 Å². The van der Waals surface area contributed by atoms with Gasteiger partial charge in [0.05, 0.1) is 31.5 Å². The Hall–Kier alpha value is -1.60. The number of ether oxygens (including phenoxy) is 2. The van der Waals surface area contributed by atoms with Gasteiger partial charge in [0.15, 0.2) is 5.96 Å². The van der Waals surface area contributed by atoms with Gasteiger partial charge in [0.2, 0.25) is 0 Å². The molecule has 0 aliphatic carbocycles. The largest absolute Gasteiger partial charge is 0.383 e. The van der Waals surface area contributed by atoms with Gasteiger partial charge in [0.1, 0.15) is 0 Å². The van der Waals surface area contributed by atoms with E-state index in [0.717, 1.165) is 50.0 Å². The molecule has 0 radical (unpaired) electrons. The van der Waals surface area contributed by atoms with Gasteiger partial charge in [0.25, 0.3) is 0 Å². The lowest BCUT2D eigenvalue weighted by molar-refractivity contribution is 0.0258. The predicted molar refractivity (Wildman–Crippen MR) is 111 cm³/mol. The molecule has 0 bridgehead atoms. The summed E-state index contributed by atoms with van der Waals surface area (Å²) in [6.45, 7) is 17.1. The highest BCUT2D eigenvalue weighted by Crippen LogP contribution is 2.14. The van der Waals surface area contributed by atoms with Gasteiger partial charge in [-0.25, -0.2) is 4.99 Å². The fourth-order valence-corrected chi connectivity index (χ4v) is 3.01. The molecule has 0 saturated heterocycles. The second kappa shape index (κ2) is 12.7. The average molecular weight is 382 g/mol. The highest BCUT2D eigenvalue weighted by molar-refractivity contribution is 5.79. The number of hydrogen-bond donors (Lipinski definition) is 2. The lowest BCUT2D eigenvalue weighted by Gasteiger charge is -2.21. The van der Waals surface area contributed by atoms with Crippen LogP contribution in [0.2, 0.25) is 0 Å². The molecule has 1 heterocycles. The summed E-state index contributed by atoms with van der Waals surface area (Å²) < 4.78 is 13.0. The third-order valence-corrected chi connectivity index (χ3v) is 4.62. The maximum absolute atomic E-state index is 5.82. The molecular weight excluding hydrogens is 342 g/mol. The number of aromatic nitrogens is 2. The highest BCUT2D eigenvalue weighted by Gasteiger charge is 2.14. The SMILES string of the molecule is CCNC(=NCc1c(C)nn(CCOC)c1C)NCCC(OCC)C(C)C. The molecule has 7 nitrogen and oxygen atoms in total. The zero-order valence-corrected chi connectivity index (χ0v) is 18.3. The molecule has 0 amide bonds. The summed E-state index contributed by atoms with van der Waals surface area (Å²) in [7, 11) is 1.71. The van der Waals surface area contributed by atoms with E-state index in [0.29, 0.717) is 19.1 Å². The van der Waals surface area contributed by atoms with E-state index in [1.807, 2.05) is 18.5 Å². The van der Waals surface area contributed by atoms with Crippen LogP contribution in [0, 0.1) is 19.8 Å². The lowest BCUT2D eigenvalue weighted by atomic mass is 10.0. The van der Waals surface area contributed by atoms with Crippen molar-refractivity contribution in [1.82, 2.24) is 20.4 Å². The Morgan fingerprint density at radius 3 is 2.56 bits per heavy atom. The Kier molecular flexibility index (Phi) is 11.0. The summed E-state index contributed by atoms with van der Waals surface area (Å²) in [5.41, 5.74) is 3.36. The van der Waals surface area contributed by atoms with Crippen molar-refractivity contribution in [2.45, 2.75) is 67.2 Å². The summed E-state index contributed by atoms with van der Waals surface area (Å²) in [5.74, 6) is 1.34. The fourth-order valence-electron chi connectivity index (χ4n) is 3.01. The number of aryl methyl sites for hydroxylation is 1. The standard InChI is InChI=1S/C20H39N5O2/c1-8-21-20(22-11-10-19(15(3)4)27-9-2)23-14-18-16(5)24-25(17(18)6)12-13-26-7/h15,19H,8-14H2,1-7H3,(H2,21,22,23). The Morgan fingerprint density at radius 2 is 1.96 bits per heavy atom. The van der Waals surface area contributed by atoms with Gasteiger partial charge in [-0.15, -0.1) is 0 Å². The number of methoxy groups -OCH3 is 1. The number of hydrogen-bond acceptors (Lipinski definition) is 4. The molecule has 7 heteroatoms. The van der Waals surface area contributed by atoms with Gasteiger partial charge < -0.3 is 20.1 Å². The van der Waals surface area contributed by atoms with E-state index in [1.54, 1.807) is 7.11 Å². The maximum atomic E-state index is 5.82. The Labute approximate surface area is 164 Å². The van der Waals surface area contributed by atoms with E-state index >= 15 is 0 Å². The van der Waals surface area contributed by atoms with E-state index in [1.165, 1.54) is 5.56 Å². The summed E-state index contributed by atoms with van der Waals surface area (Å²) in [6, 6.07) is 0. The summed E-state index contributed by atoms with van der Waals surface area (Å²) in [6.07, 6.45) is 1.23. The van der Waals surface area contributed by atoms with Crippen LogP contribution in [0.1, 0.15) is 51.1 Å². The Balaban J connectivity index is 2.69. The molecule has 1 atom stereocenters. The van der Waals surface area contributed by atoms with Crippen LogP contribution < -0.4 is 10.6 Å². The number of guanidine groups is 1. The smallest absolute Gasteiger partial charge is 0.191 e. The van der Waals surface area contributed by atoms with Crippen molar-refractivity contribution in [3.63, 3.8) is 0 Å². The molecule has 0 fully saturated rings. The first-order valence-corrected chi connectivity index (χ1v) is 10.1. The van der Waals surface area contributed by atoms with Crippen molar-refractivity contribution in [3.8, 4) is 0 Å². The monoisotopic (exact) mass is 381 g/mol. The second-order valence-electron chi connectivity index (χ2n) is 7.01. The first kappa shape index (κ1) is 23.4. The van der Waals surface area contributed by atoms with Crippen LogP contribution in [-0.4, -0.2) is 55.3 Å². The van der Waals surface area contributed by atoms with Gasteiger partial charge >= 0.3 is 0 Å². The van der Waals surface area contributed by atoms with Crippen molar-refractivity contribution in [1.29, 1.82) is 0 Å². The minimum atomic E-state index is 0.272. The van der Waals surface area contributed by atoms with Crippen LogP contribution in [0.25, 0.3) is 0 Å². The third-order valence-electron chi connectivity index (χ3n) is 4.62. The molecule has 27 heavy (non-hydrogen) atoms. The molecule has 1 aromatic rings. The predicted octanol–water partition coefficient (Wildman–Crippen LogP) is 2.65. The van der Waals surface area contributed by atoms with E-state index in [9.17, 15) is 0 Å². The summed E-state index contributed by atoms with van der Waals surface area (Å²) in [5, 5.41) is 11.4. The molecule has 1 rings (SSSR count). The zero-order valence-electron chi connectivity index (χ0n) is 18.3. The minimum Gasteiger partial charge on any atom is -0.383 e. The first-order chi connectivity index (χ1) is 12.9. The average Bonchev–Trinajstić information content (AvgIpc) is 2.90. The lowest BCUT2D eigenvalue weighted by Crippen LogP contribution is -2.39. The zero-order chi connectivity index (χ0) is 20.2. The van der Waals surface area contributed by atoms with Gasteiger partial charge in [0, 0.05) is 38.1 Å². The van der Waals surface area contributed by atoms with Gasteiger partial charge in [-0.2, -0.15) is 5.10 Å². The minimum absolute atomic E-state index is 0.272. The van der Waals surface area contributed by atoms with E-state index in [2.05, 4.69) is 43.4 Å². The van der Waals surface area contributed by atoms with Gasteiger partial charge in [-0.05, 0) is 40.0 Å². The quantitative estimate of drug-likeness (QED) is 0.430. The van der Waals surface area contributed by atoms with Gasteiger partial charge in [-0.3, -0.25) is 4.68 Å². The molecular formula is C20H39N5O2. The van der Waals surface area contributed by atoms with Crippen LogP contribution in [0.15, 0.2) is 4.99 Å². The number of rotatable bonds is 12. The molecule has 0 aliphatic heterocycles. The van der Waals surface area contributed by atoms with Crippen LogP contribution in [0.5, 0.6) is 0 Å². The Bertz CT molecular complexity index is 569. The van der Waals surface area contributed by atoms with Crippen LogP contribution in [0.3, 0.4) is 0 Å². The van der Waals surface area contributed by atoms with Crippen molar-refractivity contribution in [2.24, 2.45) is 10.9 Å². The normalized spacial score (nSPS) is 13.3. The molecule has 2 N–H and O–H groups in total. The third kappa shape index (κ3) is 7.89. The fraction of sp³-hybridized carbons (Fsp3) is 0.800. The highest BCUT2D eigenvalue weighted by atomic mass is 16.5. The topological polar surface area (TPSA) is 72.7 Å². The summed E-state index contributed by atoms with van der Waals surface area (Å²) >= 11 is 0. The molecule has 0 aliphatic rings. The molecule has 1 aromatic heterocycles. The molecule has 1 unspecified atom stereocenters. The van der Waals surface area contributed by atoms with E-state index in [4.69, 9.17) is 14.5 Å². The van der Waals surface area contributed by atoms with Crippen molar-refractivity contribution in [2.75, 3.05) is 33.4 Å². The van der Waals surface area contributed by atoms with Crippen LogP contribution in [0.4, 0.5) is 0 Å². The van der Waals surface area contributed by atoms with Crippen molar-refractivity contribution >= 4 is 5.96 Å². The van der Waals surface area contributed by atoms with Crippen LogP contribution in [-0.2, 0) is 22.6 Å². The number of nitrogens with one attached hydrogen (secondary N) is 2. The van der Waals surface area contributed by atoms with Gasteiger partial charge in [-0.1, -0.05) is 13.8 Å². The number of aliphatic imine (C=N–C) groups is 1. The molecule has 0 spiro atoms. The van der Waals surface area contributed by atoms with E-state index in [-0.39, 0.29) is 6.10 Å². The molecule has 0 aromatic carbocycles. The second-order valence-corrected chi connectivity index (χ2v) is 7.01. The number of nitrogens with zero attached hydrogens (tertiary/aromatic N) is 3. The van der Waals surface area contributed by atoms with Crippen LogP contribution >= 0.6 is 0 Å². The molecule has 156 valence electrons. The molecule has 0 saturated carbocycles. The van der Waals surface area contributed by atoms with Crippen molar-refractivity contribution in [3.05, 3.63) is 17.0 Å².